The summed E-state index contributed by atoms with van der Waals surface area (Å²) in [6.07, 6.45) is 11.4. The van der Waals surface area contributed by atoms with E-state index in [1.807, 2.05) is 0 Å². The summed E-state index contributed by atoms with van der Waals surface area (Å²) >= 11 is 0. The van der Waals surface area contributed by atoms with Crippen molar-refractivity contribution in [3.8, 4) is 0 Å². The first-order valence-corrected chi connectivity index (χ1v) is 8.99. The molecule has 124 valence electrons. The van der Waals surface area contributed by atoms with E-state index in [9.17, 15) is 0 Å². The van der Waals surface area contributed by atoms with Crippen LogP contribution in [0.4, 0.5) is 0 Å². The van der Waals surface area contributed by atoms with Crippen LogP contribution in [0, 0.1) is 5.92 Å². The summed E-state index contributed by atoms with van der Waals surface area (Å²) in [7, 11) is 0. The van der Waals surface area contributed by atoms with Gasteiger partial charge < -0.3 is 9.47 Å². The number of allylic oxidation sites excluding steroid dienone is 3. The molecule has 2 fully saturated rings. The first kappa shape index (κ1) is 16.3. The first-order valence-electron chi connectivity index (χ1n) is 8.99. The largest absolute Gasteiger partial charge is 0.366 e. The Morgan fingerprint density at radius 3 is 2.55 bits per heavy atom. The van der Waals surface area contributed by atoms with Crippen molar-refractivity contribution in [2.45, 2.75) is 96.1 Å². The minimum absolute atomic E-state index is 0.108. The van der Waals surface area contributed by atoms with Crippen LogP contribution in [0.3, 0.4) is 0 Å². The van der Waals surface area contributed by atoms with E-state index in [1.165, 1.54) is 30.4 Å². The Bertz CT molecular complexity index is 480. The van der Waals surface area contributed by atoms with Gasteiger partial charge in [-0.25, -0.2) is 0 Å². The number of rotatable bonds is 1. The molecular weight excluding hydrogens is 272 g/mol. The molecule has 0 bridgehead atoms. The predicted molar refractivity (Wildman–Crippen MR) is 90.9 cm³/mol. The molecule has 2 heteroatoms. The van der Waals surface area contributed by atoms with Crippen LogP contribution in [-0.4, -0.2) is 23.4 Å². The van der Waals surface area contributed by atoms with Gasteiger partial charge in [0, 0.05) is 0 Å². The second-order valence-electron chi connectivity index (χ2n) is 8.28. The van der Waals surface area contributed by atoms with E-state index < -0.39 is 0 Å². The highest BCUT2D eigenvalue weighted by atomic mass is 16.6. The fourth-order valence-corrected chi connectivity index (χ4v) is 4.03. The normalized spacial score (nSPS) is 48.2. The zero-order valence-electron chi connectivity index (χ0n) is 14.8. The van der Waals surface area contributed by atoms with Gasteiger partial charge in [0.1, 0.15) is 0 Å². The molecule has 0 N–H and O–H groups in total. The lowest BCUT2D eigenvalue weighted by Crippen LogP contribution is -2.17. The summed E-state index contributed by atoms with van der Waals surface area (Å²) in [6, 6.07) is 0. The highest BCUT2D eigenvalue weighted by Crippen LogP contribution is 2.48. The van der Waals surface area contributed by atoms with Gasteiger partial charge in [-0.05, 0) is 78.6 Å². The van der Waals surface area contributed by atoms with Gasteiger partial charge in [-0.15, -0.1) is 0 Å². The number of fused-ring (bicyclic) bond motifs is 2. The molecule has 2 heterocycles. The molecule has 2 saturated heterocycles. The third-order valence-electron chi connectivity index (χ3n) is 6.19. The van der Waals surface area contributed by atoms with Crippen molar-refractivity contribution >= 4 is 0 Å². The van der Waals surface area contributed by atoms with Crippen LogP contribution in [0.1, 0.15) is 72.6 Å². The zero-order chi connectivity index (χ0) is 16.0. The van der Waals surface area contributed by atoms with E-state index in [4.69, 9.17) is 9.47 Å². The standard InChI is InChI=1S/C20H32O2/c1-14(2)16-10-12-20(5)17(21-20)9-8-15(3)7-6-11-19(4)18(13-16)22-19/h7,16-18H,1,6,8-13H2,2-5H3/b15-7+/t16-,17-,18+,19+,20-/m1/s1. The highest BCUT2D eigenvalue weighted by molar-refractivity contribution is 5.10. The van der Waals surface area contributed by atoms with Gasteiger partial charge in [0.15, 0.2) is 0 Å². The summed E-state index contributed by atoms with van der Waals surface area (Å²) < 4.78 is 12.1. The van der Waals surface area contributed by atoms with Gasteiger partial charge in [0.2, 0.25) is 0 Å². The molecule has 5 atom stereocenters. The van der Waals surface area contributed by atoms with E-state index in [-0.39, 0.29) is 11.2 Å². The molecule has 0 aromatic carbocycles. The average molecular weight is 304 g/mol. The van der Waals surface area contributed by atoms with Crippen LogP contribution in [-0.2, 0) is 9.47 Å². The fraction of sp³-hybridized carbons (Fsp3) is 0.800. The Hall–Kier alpha value is -0.600. The molecule has 0 aromatic rings. The SMILES string of the molecule is C=C(C)[C@@H]1CC[C@@]2(C)O[C@@H]2CC/C(C)=C/CC[C@]2(C)O[C@H]2C1. The van der Waals surface area contributed by atoms with Crippen LogP contribution in [0.15, 0.2) is 23.8 Å². The van der Waals surface area contributed by atoms with Gasteiger partial charge >= 0.3 is 0 Å². The minimum atomic E-state index is 0.108. The number of ether oxygens (including phenoxy) is 2. The molecule has 0 amide bonds. The number of hydrogen-bond acceptors (Lipinski definition) is 2. The zero-order valence-corrected chi connectivity index (χ0v) is 14.8. The lowest BCUT2D eigenvalue weighted by Gasteiger charge is -2.18. The fourth-order valence-electron chi connectivity index (χ4n) is 4.03. The quantitative estimate of drug-likeness (QED) is 0.492. The molecule has 3 aliphatic rings. The van der Waals surface area contributed by atoms with E-state index in [0.29, 0.717) is 18.1 Å². The molecule has 0 aromatic heterocycles. The average Bonchev–Trinajstić information content (AvgIpc) is 3.28. The molecule has 2 aliphatic heterocycles. The minimum Gasteiger partial charge on any atom is -0.366 e. The number of epoxide rings is 2. The van der Waals surface area contributed by atoms with Crippen molar-refractivity contribution in [1.29, 1.82) is 0 Å². The lowest BCUT2D eigenvalue weighted by molar-refractivity contribution is 0.269. The monoisotopic (exact) mass is 304 g/mol. The van der Waals surface area contributed by atoms with E-state index in [1.54, 1.807) is 0 Å². The Morgan fingerprint density at radius 1 is 1.14 bits per heavy atom. The van der Waals surface area contributed by atoms with Crippen molar-refractivity contribution in [3.05, 3.63) is 23.8 Å². The Morgan fingerprint density at radius 2 is 1.82 bits per heavy atom. The van der Waals surface area contributed by atoms with Crippen molar-refractivity contribution in [1.82, 2.24) is 0 Å². The summed E-state index contributed by atoms with van der Waals surface area (Å²) in [6.45, 7) is 13.2. The maximum absolute atomic E-state index is 6.06. The third kappa shape index (κ3) is 3.49. The van der Waals surface area contributed by atoms with Gasteiger partial charge in [0.05, 0.1) is 23.4 Å². The van der Waals surface area contributed by atoms with Crippen molar-refractivity contribution in [2.24, 2.45) is 5.92 Å². The molecule has 2 nitrogen and oxygen atoms in total. The molecular formula is C20H32O2. The molecule has 0 spiro atoms. The second-order valence-corrected chi connectivity index (χ2v) is 8.28. The molecule has 0 saturated carbocycles. The topological polar surface area (TPSA) is 25.1 Å². The van der Waals surface area contributed by atoms with Crippen LogP contribution >= 0.6 is 0 Å². The van der Waals surface area contributed by atoms with Crippen molar-refractivity contribution in [2.75, 3.05) is 0 Å². The Balaban J connectivity index is 1.69. The molecule has 0 unspecified atom stereocenters. The lowest BCUT2D eigenvalue weighted by atomic mass is 9.84. The van der Waals surface area contributed by atoms with Crippen molar-refractivity contribution in [3.63, 3.8) is 0 Å². The van der Waals surface area contributed by atoms with E-state index in [2.05, 4.69) is 40.3 Å². The van der Waals surface area contributed by atoms with Gasteiger partial charge in [0.25, 0.3) is 0 Å². The van der Waals surface area contributed by atoms with E-state index >= 15 is 0 Å². The smallest absolute Gasteiger partial charge is 0.0923 e. The molecule has 0 radical (unpaired) electrons. The van der Waals surface area contributed by atoms with Gasteiger partial charge in [-0.1, -0.05) is 23.8 Å². The summed E-state index contributed by atoms with van der Waals surface area (Å²) in [4.78, 5) is 0. The van der Waals surface area contributed by atoms with Crippen LogP contribution in [0.5, 0.6) is 0 Å². The molecule has 1 aliphatic carbocycles. The van der Waals surface area contributed by atoms with Crippen LogP contribution < -0.4 is 0 Å². The second kappa shape index (κ2) is 5.79. The van der Waals surface area contributed by atoms with Gasteiger partial charge in [-0.2, -0.15) is 0 Å². The van der Waals surface area contributed by atoms with Crippen LogP contribution in [0.25, 0.3) is 0 Å². The van der Waals surface area contributed by atoms with Gasteiger partial charge in [-0.3, -0.25) is 0 Å². The third-order valence-corrected chi connectivity index (χ3v) is 6.19. The molecule has 22 heavy (non-hydrogen) atoms. The Labute approximate surface area is 136 Å². The van der Waals surface area contributed by atoms with Crippen molar-refractivity contribution < 1.29 is 9.47 Å². The summed E-state index contributed by atoms with van der Waals surface area (Å²) in [5.74, 6) is 0.578. The summed E-state index contributed by atoms with van der Waals surface area (Å²) in [5, 5.41) is 0. The maximum Gasteiger partial charge on any atom is 0.0923 e. The number of hydrogen-bond donors (Lipinski definition) is 0. The highest BCUT2D eigenvalue weighted by Gasteiger charge is 2.53. The molecule has 3 rings (SSSR count). The maximum atomic E-state index is 6.06. The predicted octanol–water partition coefficient (Wildman–Crippen LogP) is 5.18. The summed E-state index contributed by atoms with van der Waals surface area (Å²) in [5.41, 5.74) is 3.04. The van der Waals surface area contributed by atoms with E-state index in [0.717, 1.165) is 25.7 Å². The Kier molecular flexibility index (Phi) is 4.28. The van der Waals surface area contributed by atoms with Crippen LogP contribution in [0.2, 0.25) is 0 Å². The first-order chi connectivity index (χ1) is 10.3.